The third-order valence-electron chi connectivity index (χ3n) is 2.30. The molecule has 7 heteroatoms. The van der Waals surface area contributed by atoms with Crippen molar-refractivity contribution in [3.05, 3.63) is 45.5 Å². The van der Waals surface area contributed by atoms with Crippen molar-refractivity contribution >= 4 is 34.5 Å². The van der Waals surface area contributed by atoms with E-state index in [4.69, 9.17) is 0 Å². The van der Waals surface area contributed by atoms with Crippen molar-refractivity contribution in [1.82, 2.24) is 4.98 Å². The standard InChI is InChI=1S/C11H11N3O2S2/c1-12-9-6-8(2-3-10(9)14(15)16)7-18-11-13-4-5-17-11/h2-6,12H,7H2,1H3. The molecule has 1 N–H and O–H groups in total. The number of nitrogens with zero attached hydrogens (tertiary/aromatic N) is 2. The van der Waals surface area contributed by atoms with E-state index in [1.165, 1.54) is 6.07 Å². The maximum Gasteiger partial charge on any atom is 0.292 e. The van der Waals surface area contributed by atoms with Crippen LogP contribution in [0.2, 0.25) is 0 Å². The fourth-order valence-electron chi connectivity index (χ4n) is 1.46. The average Bonchev–Trinajstić information content (AvgIpc) is 2.88. The zero-order valence-corrected chi connectivity index (χ0v) is 11.3. The normalized spacial score (nSPS) is 10.3. The largest absolute Gasteiger partial charge is 0.383 e. The molecule has 0 saturated heterocycles. The minimum atomic E-state index is -0.385. The van der Waals surface area contributed by atoms with E-state index in [1.807, 2.05) is 5.38 Å². The molecule has 1 heterocycles. The summed E-state index contributed by atoms with van der Waals surface area (Å²) in [5.74, 6) is 0.750. The molecule has 2 rings (SSSR count). The van der Waals surface area contributed by atoms with Gasteiger partial charge in [-0.05, 0) is 11.6 Å². The van der Waals surface area contributed by atoms with Crippen LogP contribution in [0.15, 0.2) is 34.1 Å². The first-order valence-electron chi connectivity index (χ1n) is 5.18. The molecule has 0 bridgehead atoms. The summed E-state index contributed by atoms with van der Waals surface area (Å²) in [7, 11) is 1.68. The summed E-state index contributed by atoms with van der Waals surface area (Å²) in [5, 5.41) is 15.6. The summed E-state index contributed by atoms with van der Waals surface area (Å²) in [6, 6.07) is 5.11. The first kappa shape index (κ1) is 12.8. The van der Waals surface area contributed by atoms with Gasteiger partial charge in [-0.1, -0.05) is 17.8 Å². The lowest BCUT2D eigenvalue weighted by molar-refractivity contribution is -0.383. The lowest BCUT2D eigenvalue weighted by Crippen LogP contribution is -1.97. The van der Waals surface area contributed by atoms with Crippen LogP contribution in [0, 0.1) is 10.1 Å². The molecule has 1 aromatic heterocycles. The molecule has 2 aromatic rings. The third kappa shape index (κ3) is 2.99. The third-order valence-corrected chi connectivity index (χ3v) is 4.34. The summed E-state index contributed by atoms with van der Waals surface area (Å²) in [6.07, 6.45) is 1.77. The molecular formula is C11H11N3O2S2. The number of nitro benzene ring substituents is 1. The fourth-order valence-corrected chi connectivity index (χ4v) is 3.04. The highest BCUT2D eigenvalue weighted by atomic mass is 32.2. The van der Waals surface area contributed by atoms with E-state index in [9.17, 15) is 10.1 Å². The number of nitro groups is 1. The van der Waals surface area contributed by atoms with Gasteiger partial charge in [0.25, 0.3) is 5.69 Å². The number of hydrogen-bond donors (Lipinski definition) is 1. The van der Waals surface area contributed by atoms with Gasteiger partial charge in [-0.2, -0.15) is 0 Å². The molecule has 94 valence electrons. The van der Waals surface area contributed by atoms with E-state index in [2.05, 4.69) is 10.3 Å². The van der Waals surface area contributed by atoms with E-state index in [0.29, 0.717) is 5.69 Å². The zero-order valence-electron chi connectivity index (χ0n) is 9.62. The van der Waals surface area contributed by atoms with Crippen molar-refractivity contribution in [2.45, 2.75) is 10.1 Å². The molecule has 0 amide bonds. The Balaban J connectivity index is 2.12. The van der Waals surface area contributed by atoms with Crippen molar-refractivity contribution < 1.29 is 4.92 Å². The van der Waals surface area contributed by atoms with Gasteiger partial charge < -0.3 is 5.32 Å². The van der Waals surface area contributed by atoms with Gasteiger partial charge in [0.05, 0.1) is 4.92 Å². The Hall–Kier alpha value is -1.60. The summed E-state index contributed by atoms with van der Waals surface area (Å²) >= 11 is 3.21. The quantitative estimate of drug-likeness (QED) is 0.517. The molecule has 5 nitrogen and oxygen atoms in total. The second kappa shape index (κ2) is 5.83. The first-order valence-corrected chi connectivity index (χ1v) is 7.04. The molecule has 18 heavy (non-hydrogen) atoms. The second-order valence-corrected chi connectivity index (χ2v) is 5.56. The summed E-state index contributed by atoms with van der Waals surface area (Å²) in [6.45, 7) is 0. The van der Waals surface area contributed by atoms with Crippen LogP contribution in [0.3, 0.4) is 0 Å². The lowest BCUT2D eigenvalue weighted by Gasteiger charge is -2.05. The van der Waals surface area contributed by atoms with Crippen molar-refractivity contribution in [2.75, 3.05) is 12.4 Å². The van der Waals surface area contributed by atoms with Crippen LogP contribution in [0.25, 0.3) is 0 Å². The smallest absolute Gasteiger partial charge is 0.292 e. The molecule has 0 aliphatic heterocycles. The van der Waals surface area contributed by atoms with Gasteiger partial charge in [-0.3, -0.25) is 10.1 Å². The number of anilines is 1. The fraction of sp³-hybridized carbons (Fsp3) is 0.182. The predicted molar refractivity (Wildman–Crippen MR) is 74.3 cm³/mol. The van der Waals surface area contributed by atoms with Crippen LogP contribution in [0.4, 0.5) is 11.4 Å². The summed E-state index contributed by atoms with van der Waals surface area (Å²) in [5.41, 5.74) is 1.67. The minimum absolute atomic E-state index is 0.0977. The Morgan fingerprint density at radius 2 is 2.39 bits per heavy atom. The molecule has 0 aliphatic rings. The SMILES string of the molecule is CNc1cc(CSc2nccs2)ccc1[N+](=O)[O-]. The van der Waals surface area contributed by atoms with Crippen LogP contribution < -0.4 is 5.32 Å². The first-order chi connectivity index (χ1) is 8.70. The Bertz CT molecular complexity index is 543. The highest BCUT2D eigenvalue weighted by molar-refractivity contribution is 8.00. The predicted octanol–water partition coefficient (Wildman–Crippen LogP) is 3.39. The van der Waals surface area contributed by atoms with Crippen LogP contribution in [-0.2, 0) is 5.75 Å². The zero-order chi connectivity index (χ0) is 13.0. The van der Waals surface area contributed by atoms with Gasteiger partial charge in [0.2, 0.25) is 0 Å². The Kier molecular flexibility index (Phi) is 4.16. The van der Waals surface area contributed by atoms with Crippen molar-refractivity contribution in [3.63, 3.8) is 0 Å². The summed E-state index contributed by atoms with van der Waals surface area (Å²) in [4.78, 5) is 14.6. The van der Waals surface area contributed by atoms with Crippen LogP contribution >= 0.6 is 23.1 Å². The molecule has 0 saturated carbocycles. The number of hydrogen-bond acceptors (Lipinski definition) is 6. The van der Waals surface area contributed by atoms with Gasteiger partial charge >= 0.3 is 0 Å². The lowest BCUT2D eigenvalue weighted by atomic mass is 10.2. The minimum Gasteiger partial charge on any atom is -0.383 e. The molecule has 0 aliphatic carbocycles. The molecule has 0 spiro atoms. The monoisotopic (exact) mass is 281 g/mol. The van der Waals surface area contributed by atoms with Gasteiger partial charge in [-0.25, -0.2) is 4.98 Å². The molecule has 0 radical (unpaired) electrons. The van der Waals surface area contributed by atoms with Gasteiger partial charge in [0, 0.05) is 30.4 Å². The van der Waals surface area contributed by atoms with Gasteiger partial charge in [0.15, 0.2) is 0 Å². The second-order valence-electron chi connectivity index (χ2n) is 3.45. The summed E-state index contributed by atoms with van der Waals surface area (Å²) < 4.78 is 0.999. The van der Waals surface area contributed by atoms with E-state index in [-0.39, 0.29) is 10.6 Å². The van der Waals surface area contributed by atoms with E-state index < -0.39 is 0 Å². The molecule has 0 fully saturated rings. The average molecular weight is 281 g/mol. The highest BCUT2D eigenvalue weighted by Gasteiger charge is 2.12. The van der Waals surface area contributed by atoms with Gasteiger partial charge in [0.1, 0.15) is 10.0 Å². The van der Waals surface area contributed by atoms with Crippen molar-refractivity contribution in [1.29, 1.82) is 0 Å². The number of rotatable bonds is 5. The molecule has 0 atom stereocenters. The highest BCUT2D eigenvalue weighted by Crippen LogP contribution is 2.29. The Morgan fingerprint density at radius 3 is 3.00 bits per heavy atom. The maximum absolute atomic E-state index is 10.8. The van der Waals surface area contributed by atoms with E-state index >= 15 is 0 Å². The molecule has 1 aromatic carbocycles. The van der Waals surface area contributed by atoms with E-state index in [1.54, 1.807) is 48.5 Å². The number of nitrogens with one attached hydrogen (secondary N) is 1. The van der Waals surface area contributed by atoms with Gasteiger partial charge in [-0.15, -0.1) is 11.3 Å². The van der Waals surface area contributed by atoms with Crippen LogP contribution in [0.5, 0.6) is 0 Å². The topological polar surface area (TPSA) is 68.1 Å². The van der Waals surface area contributed by atoms with Crippen LogP contribution in [0.1, 0.15) is 5.56 Å². The maximum atomic E-state index is 10.8. The Labute approximate surface area is 112 Å². The number of thiazole rings is 1. The Morgan fingerprint density at radius 1 is 1.56 bits per heavy atom. The van der Waals surface area contributed by atoms with E-state index in [0.717, 1.165) is 15.7 Å². The number of benzene rings is 1. The van der Waals surface area contributed by atoms with Crippen molar-refractivity contribution in [2.24, 2.45) is 0 Å². The molecular weight excluding hydrogens is 270 g/mol. The molecule has 0 unspecified atom stereocenters. The number of aromatic nitrogens is 1. The van der Waals surface area contributed by atoms with Crippen molar-refractivity contribution in [3.8, 4) is 0 Å². The van der Waals surface area contributed by atoms with Crippen LogP contribution in [-0.4, -0.2) is 17.0 Å². The number of thioether (sulfide) groups is 1.